The number of nitrogens with zero attached hydrogens (tertiary/aromatic N) is 1. The number of aromatic nitrogens is 1. The summed E-state index contributed by atoms with van der Waals surface area (Å²) in [5, 5.41) is 5.61. The van der Waals surface area contributed by atoms with E-state index in [1.165, 1.54) is 17.3 Å². The van der Waals surface area contributed by atoms with Gasteiger partial charge in [0.05, 0.1) is 22.4 Å². The maximum atomic E-state index is 12.2. The summed E-state index contributed by atoms with van der Waals surface area (Å²) >= 11 is 3.12. The molecule has 140 valence electrons. The minimum atomic E-state index is -2.98. The Labute approximate surface area is 162 Å². The van der Waals surface area contributed by atoms with Crippen molar-refractivity contribution >= 4 is 38.8 Å². The molecule has 0 bridgehead atoms. The van der Waals surface area contributed by atoms with Crippen LogP contribution in [-0.2, 0) is 20.4 Å². The largest absolute Gasteiger partial charge is 0.351 e. The number of benzene rings is 1. The number of carbonyl (C=O) groups excluding carboxylic acids is 1. The molecule has 8 heteroatoms. The lowest BCUT2D eigenvalue weighted by Crippen LogP contribution is -2.40. The zero-order valence-electron chi connectivity index (χ0n) is 14.8. The molecule has 2 aromatic rings. The normalized spacial score (nSPS) is 20.0. The maximum absolute atomic E-state index is 12.2. The van der Waals surface area contributed by atoms with E-state index in [4.69, 9.17) is 0 Å². The fraction of sp³-hybridized carbons (Fsp3) is 0.444. The smallest absolute Gasteiger partial charge is 0.233 e. The van der Waals surface area contributed by atoms with Gasteiger partial charge in [0, 0.05) is 22.7 Å². The van der Waals surface area contributed by atoms with Crippen LogP contribution >= 0.6 is 23.1 Å². The molecule has 2 heterocycles. The molecule has 2 atom stereocenters. The Morgan fingerprint density at radius 2 is 2.12 bits per heavy atom. The molecule has 1 amide bonds. The summed E-state index contributed by atoms with van der Waals surface area (Å²) in [5.41, 5.74) is 3.28. The molecule has 0 radical (unpaired) electrons. The molecule has 0 spiro atoms. The first-order chi connectivity index (χ1) is 12.3. The Bertz CT molecular complexity index is 875. The van der Waals surface area contributed by atoms with Crippen molar-refractivity contribution < 1.29 is 13.2 Å². The van der Waals surface area contributed by atoms with E-state index in [9.17, 15) is 13.2 Å². The lowest BCUT2D eigenvalue weighted by atomic mass is 10.2. The summed E-state index contributed by atoms with van der Waals surface area (Å²) in [6.45, 7) is 3.90. The molecule has 0 saturated carbocycles. The van der Waals surface area contributed by atoms with Crippen LogP contribution in [-0.4, -0.2) is 42.1 Å². The van der Waals surface area contributed by atoms with Crippen molar-refractivity contribution in [2.75, 3.05) is 11.5 Å². The van der Waals surface area contributed by atoms with Gasteiger partial charge in [0.1, 0.15) is 5.01 Å². The van der Waals surface area contributed by atoms with Crippen LogP contribution in [0.4, 0.5) is 0 Å². The summed E-state index contributed by atoms with van der Waals surface area (Å²) in [6.07, 6.45) is 0.511. The molecule has 1 saturated heterocycles. The standard InChI is InChI=1S/C18H22N2O3S3/c1-12-3-5-14(6-4-12)18-20-16(10-25-18)9-24-13(2)17(21)19-15-7-8-26(22,23)11-15/h3-6,10,13,15H,7-9,11H2,1-2H3,(H,19,21). The van der Waals surface area contributed by atoms with E-state index in [-0.39, 0.29) is 28.7 Å². The number of aryl methyl sites for hydroxylation is 1. The number of rotatable bonds is 6. The fourth-order valence-electron chi connectivity index (χ4n) is 2.72. The number of nitrogens with one attached hydrogen (secondary N) is 1. The van der Waals surface area contributed by atoms with Crippen molar-refractivity contribution in [3.8, 4) is 10.6 Å². The van der Waals surface area contributed by atoms with Crippen LogP contribution in [0.3, 0.4) is 0 Å². The van der Waals surface area contributed by atoms with Crippen LogP contribution in [0.2, 0.25) is 0 Å². The predicted octanol–water partition coefficient (Wildman–Crippen LogP) is 3.04. The van der Waals surface area contributed by atoms with Gasteiger partial charge in [0.2, 0.25) is 5.91 Å². The molecule has 3 rings (SSSR count). The van der Waals surface area contributed by atoms with Crippen LogP contribution in [0.25, 0.3) is 10.6 Å². The summed E-state index contributed by atoms with van der Waals surface area (Å²) in [7, 11) is -2.98. The highest BCUT2D eigenvalue weighted by molar-refractivity contribution is 7.99. The predicted molar refractivity (Wildman–Crippen MR) is 108 cm³/mol. The van der Waals surface area contributed by atoms with E-state index in [1.54, 1.807) is 11.3 Å². The summed E-state index contributed by atoms with van der Waals surface area (Å²) in [4.78, 5) is 16.9. The van der Waals surface area contributed by atoms with Crippen LogP contribution in [0.1, 0.15) is 24.6 Å². The van der Waals surface area contributed by atoms with Gasteiger partial charge in [-0.3, -0.25) is 4.79 Å². The third-order valence-electron chi connectivity index (χ3n) is 4.28. The first-order valence-corrected chi connectivity index (χ1v) is 12.2. The Balaban J connectivity index is 1.51. The third kappa shape index (κ3) is 5.08. The second kappa shape index (κ2) is 8.10. The van der Waals surface area contributed by atoms with Crippen molar-refractivity contribution in [2.45, 2.75) is 37.3 Å². The molecule has 2 unspecified atom stereocenters. The van der Waals surface area contributed by atoms with Crippen molar-refractivity contribution in [1.29, 1.82) is 0 Å². The minimum absolute atomic E-state index is 0.0577. The highest BCUT2D eigenvalue weighted by Crippen LogP contribution is 2.27. The second-order valence-corrected chi connectivity index (χ2v) is 11.0. The minimum Gasteiger partial charge on any atom is -0.351 e. The SMILES string of the molecule is Cc1ccc(-c2nc(CSC(C)C(=O)NC3CCS(=O)(=O)C3)cs2)cc1. The lowest BCUT2D eigenvalue weighted by Gasteiger charge is -2.15. The van der Waals surface area contributed by atoms with Crippen LogP contribution in [0.15, 0.2) is 29.6 Å². The molecule has 1 aromatic heterocycles. The Kier molecular flexibility index (Phi) is 6.04. The fourth-order valence-corrected chi connectivity index (χ4v) is 6.11. The molecule has 26 heavy (non-hydrogen) atoms. The van der Waals surface area contributed by atoms with E-state index in [0.29, 0.717) is 12.2 Å². The van der Waals surface area contributed by atoms with Gasteiger partial charge in [0.25, 0.3) is 0 Å². The van der Waals surface area contributed by atoms with E-state index in [0.717, 1.165) is 16.3 Å². The molecule has 1 aliphatic heterocycles. The number of thiazole rings is 1. The number of hydrogen-bond donors (Lipinski definition) is 1. The molecule has 1 fully saturated rings. The Morgan fingerprint density at radius 3 is 2.77 bits per heavy atom. The molecular formula is C18H22N2O3S3. The van der Waals surface area contributed by atoms with Crippen molar-refractivity contribution in [2.24, 2.45) is 0 Å². The highest BCUT2D eigenvalue weighted by atomic mass is 32.2. The van der Waals surface area contributed by atoms with Crippen LogP contribution in [0, 0.1) is 6.92 Å². The van der Waals surface area contributed by atoms with Crippen LogP contribution < -0.4 is 5.32 Å². The quantitative estimate of drug-likeness (QED) is 0.792. The van der Waals surface area contributed by atoms with Gasteiger partial charge < -0.3 is 5.32 Å². The number of carbonyl (C=O) groups is 1. The second-order valence-electron chi connectivity index (χ2n) is 6.57. The summed E-state index contributed by atoms with van der Waals surface area (Å²) in [5.74, 6) is 0.772. The van der Waals surface area contributed by atoms with Gasteiger partial charge in [-0.15, -0.1) is 23.1 Å². The lowest BCUT2D eigenvalue weighted by molar-refractivity contribution is -0.120. The average molecular weight is 411 g/mol. The Morgan fingerprint density at radius 1 is 1.38 bits per heavy atom. The van der Waals surface area contributed by atoms with E-state index in [1.807, 2.05) is 12.3 Å². The molecule has 1 N–H and O–H groups in total. The number of thioether (sulfide) groups is 1. The van der Waals surface area contributed by atoms with Gasteiger partial charge in [-0.05, 0) is 20.3 Å². The first kappa shape index (κ1) is 19.4. The zero-order chi connectivity index (χ0) is 18.7. The van der Waals surface area contributed by atoms with Gasteiger partial charge in [-0.25, -0.2) is 13.4 Å². The average Bonchev–Trinajstić information content (AvgIpc) is 3.19. The van der Waals surface area contributed by atoms with E-state index < -0.39 is 9.84 Å². The summed E-state index contributed by atoms with van der Waals surface area (Å²) < 4.78 is 23.0. The molecule has 0 aliphatic carbocycles. The topological polar surface area (TPSA) is 76.1 Å². The molecular weight excluding hydrogens is 388 g/mol. The molecule has 1 aliphatic rings. The zero-order valence-corrected chi connectivity index (χ0v) is 17.2. The monoisotopic (exact) mass is 410 g/mol. The van der Waals surface area contributed by atoms with Gasteiger partial charge >= 0.3 is 0 Å². The maximum Gasteiger partial charge on any atom is 0.233 e. The van der Waals surface area contributed by atoms with E-state index in [2.05, 4.69) is 41.5 Å². The van der Waals surface area contributed by atoms with Crippen LogP contribution in [0.5, 0.6) is 0 Å². The van der Waals surface area contributed by atoms with E-state index >= 15 is 0 Å². The number of hydrogen-bond acceptors (Lipinski definition) is 6. The Hall–Kier alpha value is -1.38. The summed E-state index contributed by atoms with van der Waals surface area (Å²) in [6, 6.07) is 8.03. The molecule has 1 aromatic carbocycles. The van der Waals surface area contributed by atoms with Crippen molar-refractivity contribution in [3.63, 3.8) is 0 Å². The number of sulfone groups is 1. The molecule has 5 nitrogen and oxygen atoms in total. The van der Waals surface area contributed by atoms with Gasteiger partial charge in [-0.2, -0.15) is 0 Å². The number of amides is 1. The van der Waals surface area contributed by atoms with Crippen molar-refractivity contribution in [3.05, 3.63) is 40.9 Å². The third-order valence-corrected chi connectivity index (χ3v) is 8.16. The van der Waals surface area contributed by atoms with Gasteiger partial charge in [0.15, 0.2) is 9.84 Å². The first-order valence-electron chi connectivity index (χ1n) is 8.46. The van der Waals surface area contributed by atoms with Crippen molar-refractivity contribution in [1.82, 2.24) is 10.3 Å². The highest BCUT2D eigenvalue weighted by Gasteiger charge is 2.30. The van der Waals surface area contributed by atoms with Gasteiger partial charge in [-0.1, -0.05) is 29.8 Å².